The van der Waals surface area contributed by atoms with Crippen LogP contribution < -0.4 is 20.0 Å². The first-order valence-corrected chi connectivity index (χ1v) is 21.5. The number of aromatic nitrogens is 3. The summed E-state index contributed by atoms with van der Waals surface area (Å²) in [5.74, 6) is -3.29. The van der Waals surface area contributed by atoms with E-state index in [1.54, 1.807) is 24.8 Å². The Morgan fingerprint density at radius 2 is 1.27 bits per heavy atom. The summed E-state index contributed by atoms with van der Waals surface area (Å²) >= 11 is 6.25. The number of nitrogens with one attached hydrogen (secondary N) is 1. The highest BCUT2D eigenvalue weighted by Crippen LogP contribution is 2.43. The van der Waals surface area contributed by atoms with Crippen molar-refractivity contribution in [1.29, 1.82) is 0 Å². The number of anilines is 5. The number of rotatable bonds is 7. The number of hydrogen-bond donors (Lipinski definition) is 1. The molecular weight excluding hydrogens is 891 g/mol. The molecule has 0 saturated carbocycles. The van der Waals surface area contributed by atoms with E-state index >= 15 is 4.39 Å². The Balaban J connectivity index is 0.000000225. The first-order valence-electron chi connectivity index (χ1n) is 21.1. The number of fused-ring (bicyclic) bond motifs is 2. The highest BCUT2D eigenvalue weighted by atomic mass is 35.5. The Hall–Kier alpha value is -6.07. The summed E-state index contributed by atoms with van der Waals surface area (Å²) in [5.41, 5.74) is 1.04. The number of pyridine rings is 3. The lowest BCUT2D eigenvalue weighted by Gasteiger charge is -2.29. The second-order valence-electron chi connectivity index (χ2n) is 18.4. The van der Waals surface area contributed by atoms with Crippen LogP contribution in [0.2, 0.25) is 5.02 Å². The van der Waals surface area contributed by atoms with Gasteiger partial charge in [-0.2, -0.15) is 0 Å². The van der Waals surface area contributed by atoms with E-state index in [1.807, 2.05) is 32.6 Å². The van der Waals surface area contributed by atoms with Crippen molar-refractivity contribution in [2.24, 2.45) is 10.8 Å². The first kappa shape index (κ1) is 46.5. The van der Waals surface area contributed by atoms with Gasteiger partial charge in [-0.15, -0.1) is 0 Å². The minimum atomic E-state index is -2.99. The molecule has 3 aliphatic rings. The summed E-state index contributed by atoms with van der Waals surface area (Å²) in [6.07, 6.45) is -0.813. The minimum Gasteiger partial charge on any atom is -0.378 e. The van der Waals surface area contributed by atoms with Gasteiger partial charge in [-0.25, -0.2) is 45.7 Å². The molecule has 6 aromatic rings. The minimum absolute atomic E-state index is 0.000513. The lowest BCUT2D eigenvalue weighted by molar-refractivity contribution is -0.118. The zero-order valence-electron chi connectivity index (χ0n) is 36.9. The van der Waals surface area contributed by atoms with Crippen LogP contribution in [0.4, 0.5) is 59.6 Å². The quantitative estimate of drug-likeness (QED) is 0.158. The van der Waals surface area contributed by atoms with Gasteiger partial charge in [-0.3, -0.25) is 19.4 Å². The highest BCUT2D eigenvalue weighted by molar-refractivity contribution is 6.36. The normalized spacial score (nSPS) is 17.0. The van der Waals surface area contributed by atoms with E-state index in [1.165, 1.54) is 17.2 Å². The molecule has 346 valence electrons. The Morgan fingerprint density at radius 3 is 1.80 bits per heavy atom. The van der Waals surface area contributed by atoms with Gasteiger partial charge in [-0.1, -0.05) is 45.4 Å². The molecule has 3 aromatic heterocycles. The fraction of sp³-hybridized carbons (Fsp3) is 0.354. The van der Waals surface area contributed by atoms with E-state index in [4.69, 9.17) is 16.3 Å². The van der Waals surface area contributed by atoms with Gasteiger partial charge in [-0.05, 0) is 42.4 Å². The fourth-order valence-electron chi connectivity index (χ4n) is 8.71. The first-order chi connectivity index (χ1) is 31.1. The number of halogens is 8. The number of carbonyl (C=O) groups is 2. The standard InChI is InChI=1S/C32H30F5N5O2.C16H15ClF2N2O/c1-17-29(28-23(35)11-19(33)12-25(28)40-31(17)42-16-32(2,3)14-27(42)43)39-24-13-26(41-6-8-44-9-7-41)38-15-21(24)18-4-5-20(30(36)37)22(34)10-18;1-8-14(17)13-10(19)4-9(18)5-11(13)20-15(8)21-7-16(2,3)6-12(21)22/h4-5,10-13,15,30H,6-9,14,16H2,1-3H3,(H,38,39,40);4-5H,6-7H2,1-3H3. The summed E-state index contributed by atoms with van der Waals surface area (Å²) < 4.78 is 104. The number of nitrogens with zero attached hydrogens (tertiary/aromatic N) is 6. The van der Waals surface area contributed by atoms with E-state index in [-0.39, 0.29) is 73.0 Å². The van der Waals surface area contributed by atoms with Crippen LogP contribution in [0.3, 0.4) is 0 Å². The average Bonchev–Trinajstić information content (AvgIpc) is 3.69. The molecule has 66 heavy (non-hydrogen) atoms. The van der Waals surface area contributed by atoms with Crippen LogP contribution in [0.5, 0.6) is 0 Å². The van der Waals surface area contributed by atoms with Crippen molar-refractivity contribution in [3.8, 4) is 11.1 Å². The SMILES string of the molecule is Cc1c(N2CC(C)(C)CC2=O)nc2cc(F)cc(F)c2c1Cl.Cc1c(N2CC(C)(C)CC2=O)nc2cc(F)cc(F)c2c1Nc1cc(N2CCOCC2)ncc1-c1ccc(C(F)F)c(F)c1. The molecule has 3 saturated heterocycles. The molecule has 0 aliphatic carbocycles. The van der Waals surface area contributed by atoms with Crippen molar-refractivity contribution in [3.05, 3.63) is 106 Å². The molecule has 3 aromatic carbocycles. The molecule has 0 spiro atoms. The number of amides is 2. The zero-order chi connectivity index (χ0) is 47.6. The molecular formula is C48H45ClF7N7O3. The van der Waals surface area contributed by atoms with E-state index in [9.17, 15) is 35.9 Å². The number of morpholine rings is 1. The van der Waals surface area contributed by atoms with E-state index in [0.29, 0.717) is 79.8 Å². The molecule has 0 unspecified atom stereocenters. The van der Waals surface area contributed by atoms with Crippen molar-refractivity contribution >= 4 is 74.0 Å². The Morgan fingerprint density at radius 1 is 0.727 bits per heavy atom. The zero-order valence-corrected chi connectivity index (χ0v) is 37.6. The molecule has 6 heterocycles. The van der Waals surface area contributed by atoms with E-state index in [2.05, 4.69) is 20.3 Å². The van der Waals surface area contributed by atoms with Gasteiger partial charge in [0.05, 0.1) is 57.0 Å². The van der Waals surface area contributed by atoms with Crippen molar-refractivity contribution in [1.82, 2.24) is 15.0 Å². The molecule has 9 rings (SSSR count). The molecule has 0 radical (unpaired) electrons. The van der Waals surface area contributed by atoms with Crippen LogP contribution in [-0.4, -0.2) is 66.2 Å². The molecule has 0 bridgehead atoms. The molecule has 10 nitrogen and oxygen atoms in total. The maximum Gasteiger partial charge on any atom is 0.266 e. The van der Waals surface area contributed by atoms with Gasteiger partial charge in [0.1, 0.15) is 46.5 Å². The Kier molecular flexibility index (Phi) is 12.4. The summed E-state index contributed by atoms with van der Waals surface area (Å²) in [7, 11) is 0. The van der Waals surface area contributed by atoms with Crippen LogP contribution in [0.15, 0.2) is 54.7 Å². The topological polar surface area (TPSA) is 104 Å². The third-order valence-corrected chi connectivity index (χ3v) is 12.4. The lowest BCUT2D eigenvalue weighted by atomic mass is 9.93. The Labute approximate surface area is 380 Å². The Bertz CT molecular complexity index is 2950. The molecule has 3 aliphatic heterocycles. The molecule has 0 atom stereocenters. The van der Waals surface area contributed by atoms with E-state index < -0.39 is 41.1 Å². The predicted molar refractivity (Wildman–Crippen MR) is 240 cm³/mol. The summed E-state index contributed by atoms with van der Waals surface area (Å²) in [5, 5.41) is 3.50. The molecule has 2 amide bonds. The third-order valence-electron chi connectivity index (χ3n) is 11.9. The lowest BCUT2D eigenvalue weighted by Crippen LogP contribution is -2.36. The van der Waals surface area contributed by atoms with Gasteiger partial charge >= 0.3 is 0 Å². The maximum atomic E-state index is 15.5. The second kappa shape index (κ2) is 17.6. The predicted octanol–water partition coefficient (Wildman–Crippen LogP) is 11.5. The number of ether oxygens (including phenoxy) is 1. The summed E-state index contributed by atoms with van der Waals surface area (Å²) in [6, 6.07) is 8.84. The molecule has 18 heteroatoms. The molecule has 1 N–H and O–H groups in total. The number of alkyl halides is 2. The van der Waals surface area contributed by atoms with E-state index in [0.717, 1.165) is 36.4 Å². The third kappa shape index (κ3) is 9.06. The van der Waals surface area contributed by atoms with Crippen molar-refractivity contribution in [2.75, 3.05) is 59.4 Å². The van der Waals surface area contributed by atoms with Gasteiger partial charge < -0.3 is 15.0 Å². The number of hydrogen-bond acceptors (Lipinski definition) is 8. The average molecular weight is 936 g/mol. The number of carbonyl (C=O) groups excluding carboxylic acids is 2. The van der Waals surface area contributed by atoms with Gasteiger partial charge in [0.25, 0.3) is 6.43 Å². The molecule has 3 fully saturated rings. The highest BCUT2D eigenvalue weighted by Gasteiger charge is 2.40. The maximum absolute atomic E-state index is 15.5. The van der Waals surface area contributed by atoms with Crippen LogP contribution in [0, 0.1) is 53.8 Å². The fourth-order valence-corrected chi connectivity index (χ4v) is 8.98. The van der Waals surface area contributed by atoms with Crippen LogP contribution in [0.25, 0.3) is 32.9 Å². The van der Waals surface area contributed by atoms with Crippen LogP contribution in [-0.2, 0) is 14.3 Å². The number of benzene rings is 3. The van der Waals surface area contributed by atoms with Gasteiger partial charge in [0.15, 0.2) is 0 Å². The summed E-state index contributed by atoms with van der Waals surface area (Å²) in [6.45, 7) is 14.2. The van der Waals surface area contributed by atoms with Crippen LogP contribution in [0.1, 0.15) is 63.7 Å². The van der Waals surface area contributed by atoms with Crippen molar-refractivity contribution in [3.63, 3.8) is 0 Å². The van der Waals surface area contributed by atoms with Crippen molar-refractivity contribution < 1.29 is 45.1 Å². The monoisotopic (exact) mass is 935 g/mol. The van der Waals surface area contributed by atoms with Gasteiger partial charge in [0.2, 0.25) is 11.8 Å². The van der Waals surface area contributed by atoms with Crippen LogP contribution >= 0.6 is 11.6 Å². The van der Waals surface area contributed by atoms with Gasteiger partial charge in [0, 0.05) is 92.2 Å². The smallest absolute Gasteiger partial charge is 0.266 e. The van der Waals surface area contributed by atoms with Crippen molar-refractivity contribution in [2.45, 2.75) is 60.8 Å². The summed E-state index contributed by atoms with van der Waals surface area (Å²) in [4.78, 5) is 43.7. The second-order valence-corrected chi connectivity index (χ2v) is 18.7. The largest absolute Gasteiger partial charge is 0.378 e.